The lowest BCUT2D eigenvalue weighted by molar-refractivity contribution is -0.131. The molecule has 2 aromatic rings. The Kier molecular flexibility index (Phi) is 5.01. The van der Waals surface area contributed by atoms with E-state index in [0.717, 1.165) is 27.3 Å². The standard InChI is InChI=1S/C13H10ClNO2S2/c14-10-2-3-12(15-7-10)19-8-11-9(5-6-18-11)1-4-13(16)17/h1-7H,8H2,(H,16,17). The van der Waals surface area contributed by atoms with E-state index >= 15 is 0 Å². The Bertz CT molecular complexity index is 593. The molecule has 0 saturated carbocycles. The normalized spacial score (nSPS) is 11.0. The number of carbonyl (C=O) groups is 1. The molecule has 1 N–H and O–H groups in total. The van der Waals surface area contributed by atoms with E-state index in [2.05, 4.69) is 4.98 Å². The Morgan fingerprint density at radius 3 is 3.00 bits per heavy atom. The summed E-state index contributed by atoms with van der Waals surface area (Å²) in [5.41, 5.74) is 0.939. The van der Waals surface area contributed by atoms with E-state index in [-0.39, 0.29) is 0 Å². The van der Waals surface area contributed by atoms with Crippen LogP contribution >= 0.6 is 34.7 Å². The summed E-state index contributed by atoms with van der Waals surface area (Å²) in [6.07, 6.45) is 4.38. The predicted octanol–water partition coefficient (Wildman–Crippen LogP) is 4.19. The summed E-state index contributed by atoms with van der Waals surface area (Å²) < 4.78 is 0. The molecule has 0 amide bonds. The molecule has 19 heavy (non-hydrogen) atoms. The molecule has 0 aliphatic carbocycles. The van der Waals surface area contributed by atoms with E-state index in [4.69, 9.17) is 16.7 Å². The number of thiophene rings is 1. The fourth-order valence-corrected chi connectivity index (χ4v) is 3.31. The van der Waals surface area contributed by atoms with Crippen LogP contribution in [0, 0.1) is 0 Å². The summed E-state index contributed by atoms with van der Waals surface area (Å²) in [4.78, 5) is 15.8. The quantitative estimate of drug-likeness (QED) is 0.664. The maximum absolute atomic E-state index is 10.5. The number of pyridine rings is 1. The lowest BCUT2D eigenvalue weighted by Crippen LogP contribution is -1.86. The van der Waals surface area contributed by atoms with Gasteiger partial charge in [-0.1, -0.05) is 11.6 Å². The van der Waals surface area contributed by atoms with Gasteiger partial charge < -0.3 is 5.11 Å². The Morgan fingerprint density at radius 1 is 1.47 bits per heavy atom. The van der Waals surface area contributed by atoms with Gasteiger partial charge >= 0.3 is 5.97 Å². The zero-order chi connectivity index (χ0) is 13.7. The molecule has 0 bridgehead atoms. The van der Waals surface area contributed by atoms with Crippen molar-refractivity contribution in [3.63, 3.8) is 0 Å². The molecule has 0 spiro atoms. The summed E-state index contributed by atoms with van der Waals surface area (Å²) >= 11 is 8.97. The first kappa shape index (κ1) is 14.1. The molecule has 6 heteroatoms. The molecule has 2 rings (SSSR count). The second kappa shape index (κ2) is 6.75. The molecule has 2 heterocycles. The molecule has 98 valence electrons. The highest BCUT2D eigenvalue weighted by Gasteiger charge is 2.04. The highest BCUT2D eigenvalue weighted by Crippen LogP contribution is 2.27. The van der Waals surface area contributed by atoms with Crippen molar-refractivity contribution in [3.05, 3.63) is 51.3 Å². The number of aliphatic carboxylic acids is 1. The molecule has 0 aromatic carbocycles. The third-order valence-corrected chi connectivity index (χ3v) is 4.55. The minimum atomic E-state index is -0.941. The number of carboxylic acid groups (broad SMARTS) is 1. The highest BCUT2D eigenvalue weighted by molar-refractivity contribution is 7.98. The van der Waals surface area contributed by atoms with Crippen molar-refractivity contribution in [2.24, 2.45) is 0 Å². The van der Waals surface area contributed by atoms with Crippen LogP contribution in [0.25, 0.3) is 6.08 Å². The SMILES string of the molecule is O=C(O)C=Cc1ccsc1CSc1ccc(Cl)cn1. The minimum absolute atomic E-state index is 0.616. The Balaban J connectivity index is 2.02. The molecule has 0 fully saturated rings. The number of nitrogens with zero attached hydrogens (tertiary/aromatic N) is 1. The summed E-state index contributed by atoms with van der Waals surface area (Å²) in [5, 5.41) is 12.1. The molecule has 0 atom stereocenters. The molecule has 0 unspecified atom stereocenters. The molecule has 0 radical (unpaired) electrons. The maximum Gasteiger partial charge on any atom is 0.328 e. The van der Waals surface area contributed by atoms with Crippen LogP contribution < -0.4 is 0 Å². The third kappa shape index (κ3) is 4.38. The summed E-state index contributed by atoms with van der Waals surface area (Å²) in [6, 6.07) is 5.58. The number of hydrogen-bond donors (Lipinski definition) is 1. The van der Waals surface area contributed by atoms with Crippen molar-refractivity contribution in [3.8, 4) is 0 Å². The van der Waals surface area contributed by atoms with Gasteiger partial charge in [-0.3, -0.25) is 0 Å². The number of aromatic nitrogens is 1. The van der Waals surface area contributed by atoms with Crippen molar-refractivity contribution in [2.45, 2.75) is 10.8 Å². The van der Waals surface area contributed by atoms with Gasteiger partial charge in [0.05, 0.1) is 10.0 Å². The van der Waals surface area contributed by atoms with Gasteiger partial charge in [0.2, 0.25) is 0 Å². The first-order chi connectivity index (χ1) is 9.15. The lowest BCUT2D eigenvalue weighted by atomic mass is 10.2. The van der Waals surface area contributed by atoms with Crippen molar-refractivity contribution >= 4 is 46.7 Å². The van der Waals surface area contributed by atoms with Crippen LogP contribution in [0.3, 0.4) is 0 Å². The molecule has 0 saturated heterocycles. The zero-order valence-electron chi connectivity index (χ0n) is 9.75. The molecule has 2 aromatic heterocycles. The second-order valence-corrected chi connectivity index (χ2v) is 6.01. The van der Waals surface area contributed by atoms with Crippen LogP contribution in [-0.4, -0.2) is 16.1 Å². The second-order valence-electron chi connectivity index (χ2n) is 3.57. The van der Waals surface area contributed by atoms with Gasteiger partial charge in [-0.15, -0.1) is 23.1 Å². The molecular formula is C13H10ClNO2S2. The van der Waals surface area contributed by atoms with Gasteiger partial charge in [-0.05, 0) is 35.2 Å². The average Bonchev–Trinajstić information content (AvgIpc) is 2.83. The predicted molar refractivity (Wildman–Crippen MR) is 79.8 cm³/mol. The van der Waals surface area contributed by atoms with Crippen LogP contribution in [-0.2, 0) is 10.5 Å². The van der Waals surface area contributed by atoms with Crippen LogP contribution in [0.15, 0.2) is 40.9 Å². The van der Waals surface area contributed by atoms with Gasteiger partial charge in [0.1, 0.15) is 0 Å². The topological polar surface area (TPSA) is 50.2 Å². The molecular weight excluding hydrogens is 302 g/mol. The fourth-order valence-electron chi connectivity index (χ4n) is 1.36. The van der Waals surface area contributed by atoms with Crippen LogP contribution in [0.1, 0.15) is 10.4 Å². The van der Waals surface area contributed by atoms with E-state index in [0.29, 0.717) is 5.02 Å². The van der Waals surface area contributed by atoms with E-state index in [1.54, 1.807) is 41.4 Å². The molecule has 0 aliphatic rings. The Labute approximate surface area is 124 Å². The van der Waals surface area contributed by atoms with Gasteiger partial charge in [-0.2, -0.15) is 0 Å². The number of rotatable bonds is 5. The third-order valence-electron chi connectivity index (χ3n) is 2.24. The Morgan fingerprint density at radius 2 is 2.32 bits per heavy atom. The van der Waals surface area contributed by atoms with E-state index < -0.39 is 5.97 Å². The van der Waals surface area contributed by atoms with Crippen molar-refractivity contribution in [1.82, 2.24) is 4.98 Å². The van der Waals surface area contributed by atoms with E-state index in [1.807, 2.05) is 17.5 Å². The fraction of sp³-hybridized carbons (Fsp3) is 0.0769. The van der Waals surface area contributed by atoms with Crippen molar-refractivity contribution < 1.29 is 9.90 Å². The maximum atomic E-state index is 10.5. The number of hydrogen-bond acceptors (Lipinski definition) is 4. The van der Waals surface area contributed by atoms with Crippen molar-refractivity contribution in [2.75, 3.05) is 0 Å². The minimum Gasteiger partial charge on any atom is -0.478 e. The Hall–Kier alpha value is -1.30. The van der Waals surface area contributed by atoms with E-state index in [9.17, 15) is 4.79 Å². The average molecular weight is 312 g/mol. The first-order valence-electron chi connectivity index (χ1n) is 5.37. The monoisotopic (exact) mass is 311 g/mol. The van der Waals surface area contributed by atoms with Crippen LogP contribution in [0.2, 0.25) is 5.02 Å². The number of carboxylic acids is 1. The summed E-state index contributed by atoms with van der Waals surface area (Å²) in [7, 11) is 0. The summed E-state index contributed by atoms with van der Waals surface area (Å²) in [5.74, 6) is -0.185. The molecule has 3 nitrogen and oxygen atoms in total. The first-order valence-corrected chi connectivity index (χ1v) is 7.61. The lowest BCUT2D eigenvalue weighted by Gasteiger charge is -2.00. The van der Waals surface area contributed by atoms with E-state index in [1.165, 1.54) is 0 Å². The zero-order valence-corrected chi connectivity index (χ0v) is 12.1. The van der Waals surface area contributed by atoms with Crippen LogP contribution in [0.5, 0.6) is 0 Å². The van der Waals surface area contributed by atoms with Gasteiger partial charge in [-0.25, -0.2) is 9.78 Å². The van der Waals surface area contributed by atoms with Crippen molar-refractivity contribution in [1.29, 1.82) is 0 Å². The van der Waals surface area contributed by atoms with Gasteiger partial charge in [0, 0.05) is 22.9 Å². The van der Waals surface area contributed by atoms with Crippen LogP contribution in [0.4, 0.5) is 0 Å². The smallest absolute Gasteiger partial charge is 0.328 e. The van der Waals surface area contributed by atoms with Gasteiger partial charge in [0.25, 0.3) is 0 Å². The molecule has 0 aliphatic heterocycles. The highest BCUT2D eigenvalue weighted by atomic mass is 35.5. The number of halogens is 1. The largest absolute Gasteiger partial charge is 0.478 e. The van der Waals surface area contributed by atoms with Gasteiger partial charge in [0.15, 0.2) is 0 Å². The summed E-state index contributed by atoms with van der Waals surface area (Å²) in [6.45, 7) is 0. The number of thioether (sulfide) groups is 1.